The third-order valence-electron chi connectivity index (χ3n) is 5.74. The smallest absolute Gasteiger partial charge is 0.355 e. The Hall–Kier alpha value is -3.42. The molecule has 0 saturated heterocycles. The first kappa shape index (κ1) is 20.5. The van der Waals surface area contributed by atoms with Crippen molar-refractivity contribution in [3.63, 3.8) is 0 Å². The van der Waals surface area contributed by atoms with Crippen LogP contribution < -0.4 is 15.2 Å². The number of ether oxygens (including phenoxy) is 2. The quantitative estimate of drug-likeness (QED) is 0.360. The maximum absolute atomic E-state index is 13.0. The number of nitrogens with two attached hydrogens (primary N) is 1. The van der Waals surface area contributed by atoms with E-state index in [4.69, 9.17) is 20.2 Å². The molecule has 4 aromatic rings. The molecule has 0 radical (unpaired) electrons. The Morgan fingerprint density at radius 1 is 1.09 bits per heavy atom. The molecule has 1 aliphatic rings. The van der Waals surface area contributed by atoms with Gasteiger partial charge >= 0.3 is 5.97 Å². The summed E-state index contributed by atoms with van der Waals surface area (Å²) in [6.45, 7) is 1.72. The Balaban J connectivity index is 1.69. The number of nitrogen functional groups attached to an aromatic ring is 1. The van der Waals surface area contributed by atoms with Gasteiger partial charge in [0, 0.05) is 36.2 Å². The number of nitrogens with zero attached hydrogens (tertiary/aromatic N) is 2. The lowest BCUT2D eigenvalue weighted by atomic mass is 9.92. The number of para-hydroxylation sites is 1. The van der Waals surface area contributed by atoms with Crippen molar-refractivity contribution in [1.29, 1.82) is 0 Å². The van der Waals surface area contributed by atoms with Gasteiger partial charge in [0.05, 0.1) is 12.8 Å². The number of likely N-dealkylation sites (N-methyl/N-ethyl adjacent to an activating group) is 1. The SMILES string of the molecule is COc1ccc(-c2c3c(nc4sc(C(=O)Oc5ccccc5)c(N)c24)CCN(C)C3)cc1. The van der Waals surface area contributed by atoms with Crippen molar-refractivity contribution in [2.24, 2.45) is 0 Å². The predicted molar refractivity (Wildman–Crippen MR) is 127 cm³/mol. The molecule has 0 fully saturated rings. The van der Waals surface area contributed by atoms with Gasteiger partial charge in [0.25, 0.3) is 0 Å². The number of fused-ring (bicyclic) bond motifs is 2. The predicted octanol–water partition coefficient (Wildman–Crippen LogP) is 4.76. The molecular weight excluding hydrogens is 422 g/mol. The molecule has 6 nitrogen and oxygen atoms in total. The molecule has 162 valence electrons. The Kier molecular flexibility index (Phi) is 5.28. The molecule has 5 rings (SSSR count). The van der Waals surface area contributed by atoms with Crippen LogP contribution in [-0.2, 0) is 13.0 Å². The van der Waals surface area contributed by atoms with E-state index in [9.17, 15) is 4.79 Å². The van der Waals surface area contributed by atoms with E-state index in [1.165, 1.54) is 11.3 Å². The maximum Gasteiger partial charge on any atom is 0.355 e. The Morgan fingerprint density at radius 3 is 2.56 bits per heavy atom. The Labute approximate surface area is 190 Å². The van der Waals surface area contributed by atoms with Gasteiger partial charge in [-0.15, -0.1) is 11.3 Å². The van der Waals surface area contributed by atoms with Crippen LogP contribution in [0.15, 0.2) is 54.6 Å². The topological polar surface area (TPSA) is 77.7 Å². The Morgan fingerprint density at radius 2 is 1.84 bits per heavy atom. The molecule has 3 heterocycles. The summed E-state index contributed by atoms with van der Waals surface area (Å²) >= 11 is 1.29. The molecule has 0 saturated carbocycles. The largest absolute Gasteiger partial charge is 0.497 e. The minimum absolute atomic E-state index is 0.377. The molecule has 0 amide bonds. The summed E-state index contributed by atoms with van der Waals surface area (Å²) < 4.78 is 10.9. The van der Waals surface area contributed by atoms with E-state index in [-0.39, 0.29) is 0 Å². The number of thiophene rings is 1. The number of esters is 1. The summed E-state index contributed by atoms with van der Waals surface area (Å²) in [6.07, 6.45) is 0.854. The van der Waals surface area contributed by atoms with Crippen molar-refractivity contribution in [2.75, 3.05) is 26.4 Å². The van der Waals surface area contributed by atoms with Crippen molar-refractivity contribution in [2.45, 2.75) is 13.0 Å². The number of anilines is 1. The van der Waals surface area contributed by atoms with Gasteiger partial charge < -0.3 is 20.1 Å². The van der Waals surface area contributed by atoms with E-state index >= 15 is 0 Å². The second-order valence-corrected chi connectivity index (χ2v) is 8.85. The summed E-state index contributed by atoms with van der Waals surface area (Å²) in [5, 5.41) is 0.814. The first-order chi connectivity index (χ1) is 15.5. The molecule has 1 aliphatic heterocycles. The highest BCUT2D eigenvalue weighted by molar-refractivity contribution is 7.21. The highest BCUT2D eigenvalue weighted by Crippen LogP contribution is 2.43. The van der Waals surface area contributed by atoms with Crippen LogP contribution in [0.25, 0.3) is 21.3 Å². The minimum atomic E-state index is -0.465. The van der Waals surface area contributed by atoms with Crippen molar-refractivity contribution >= 4 is 33.2 Å². The number of aromatic nitrogens is 1. The number of rotatable bonds is 4. The second-order valence-electron chi connectivity index (χ2n) is 7.86. The van der Waals surface area contributed by atoms with Gasteiger partial charge in [-0.25, -0.2) is 9.78 Å². The summed E-state index contributed by atoms with van der Waals surface area (Å²) in [5.74, 6) is 0.807. The molecule has 2 aromatic heterocycles. The van der Waals surface area contributed by atoms with Gasteiger partial charge in [-0.1, -0.05) is 30.3 Å². The molecule has 0 bridgehead atoms. The zero-order valence-electron chi connectivity index (χ0n) is 17.9. The molecule has 2 aromatic carbocycles. The van der Waals surface area contributed by atoms with Gasteiger partial charge in [-0.3, -0.25) is 0 Å². The zero-order chi connectivity index (χ0) is 22.2. The molecule has 0 unspecified atom stereocenters. The third kappa shape index (κ3) is 3.59. The van der Waals surface area contributed by atoms with E-state index in [0.717, 1.165) is 57.9 Å². The number of hydrogen-bond donors (Lipinski definition) is 1. The van der Waals surface area contributed by atoms with E-state index < -0.39 is 5.97 Å². The van der Waals surface area contributed by atoms with E-state index in [2.05, 4.69) is 11.9 Å². The van der Waals surface area contributed by atoms with Gasteiger partial charge in [0.2, 0.25) is 0 Å². The molecule has 7 heteroatoms. The Bertz CT molecular complexity index is 1300. The van der Waals surface area contributed by atoms with Crippen molar-refractivity contribution in [3.05, 3.63) is 70.7 Å². The lowest BCUT2D eigenvalue weighted by Crippen LogP contribution is -2.27. The molecule has 0 aliphatic carbocycles. The number of benzene rings is 2. The highest BCUT2D eigenvalue weighted by atomic mass is 32.1. The number of carbonyl (C=O) groups is 1. The summed E-state index contributed by atoms with van der Waals surface area (Å²) in [4.78, 5) is 21.3. The van der Waals surface area contributed by atoms with Crippen molar-refractivity contribution in [3.8, 4) is 22.6 Å². The van der Waals surface area contributed by atoms with Crippen LogP contribution in [0.5, 0.6) is 11.5 Å². The van der Waals surface area contributed by atoms with Gasteiger partial charge in [0.1, 0.15) is 21.2 Å². The van der Waals surface area contributed by atoms with Crippen LogP contribution in [0.1, 0.15) is 20.9 Å². The number of methoxy groups -OCH3 is 1. The number of hydrogen-bond acceptors (Lipinski definition) is 7. The standard InChI is InChI=1S/C25H23N3O3S/c1-28-13-12-19-18(14-28)20(15-8-10-16(30-2)11-9-15)21-22(26)23(32-24(21)27-19)25(29)31-17-6-4-3-5-7-17/h3-11H,12-14,26H2,1-2H3. The van der Waals surface area contributed by atoms with Crippen LogP contribution in [0.2, 0.25) is 0 Å². The van der Waals surface area contributed by atoms with E-state index in [1.807, 2.05) is 42.5 Å². The molecule has 0 atom stereocenters. The van der Waals surface area contributed by atoms with Crippen LogP contribution in [0, 0.1) is 0 Å². The molecular formula is C25H23N3O3S. The van der Waals surface area contributed by atoms with E-state index in [1.54, 1.807) is 19.2 Å². The van der Waals surface area contributed by atoms with Crippen LogP contribution >= 0.6 is 11.3 Å². The monoisotopic (exact) mass is 445 g/mol. The fourth-order valence-electron chi connectivity index (χ4n) is 4.13. The summed E-state index contributed by atoms with van der Waals surface area (Å²) in [7, 11) is 3.75. The first-order valence-electron chi connectivity index (χ1n) is 10.4. The fourth-order valence-corrected chi connectivity index (χ4v) is 5.13. The van der Waals surface area contributed by atoms with Crippen LogP contribution in [0.3, 0.4) is 0 Å². The lowest BCUT2D eigenvalue weighted by Gasteiger charge is -2.27. The normalized spacial score (nSPS) is 13.7. The van der Waals surface area contributed by atoms with Gasteiger partial charge in [0.15, 0.2) is 0 Å². The fraction of sp³-hybridized carbons (Fsp3) is 0.200. The van der Waals surface area contributed by atoms with Crippen LogP contribution in [0.4, 0.5) is 5.69 Å². The number of pyridine rings is 1. The minimum Gasteiger partial charge on any atom is -0.497 e. The van der Waals surface area contributed by atoms with Gasteiger partial charge in [-0.05, 0) is 42.4 Å². The average molecular weight is 446 g/mol. The first-order valence-corrected chi connectivity index (χ1v) is 11.2. The summed E-state index contributed by atoms with van der Waals surface area (Å²) in [5.41, 5.74) is 11.3. The molecule has 0 spiro atoms. The van der Waals surface area contributed by atoms with Crippen molar-refractivity contribution < 1.29 is 14.3 Å². The lowest BCUT2D eigenvalue weighted by molar-refractivity contribution is 0.0741. The van der Waals surface area contributed by atoms with E-state index in [0.29, 0.717) is 16.3 Å². The maximum atomic E-state index is 13.0. The van der Waals surface area contributed by atoms with Crippen molar-refractivity contribution in [1.82, 2.24) is 9.88 Å². The summed E-state index contributed by atoms with van der Waals surface area (Å²) in [6, 6.07) is 17.0. The third-order valence-corrected chi connectivity index (χ3v) is 6.82. The van der Waals surface area contributed by atoms with Gasteiger partial charge in [-0.2, -0.15) is 0 Å². The number of carbonyl (C=O) groups excluding carboxylic acids is 1. The zero-order valence-corrected chi connectivity index (χ0v) is 18.7. The molecule has 32 heavy (non-hydrogen) atoms. The van der Waals surface area contributed by atoms with Crippen LogP contribution in [-0.4, -0.2) is 36.6 Å². The second kappa shape index (κ2) is 8.26. The molecule has 2 N–H and O–H groups in total. The highest BCUT2D eigenvalue weighted by Gasteiger charge is 2.27. The average Bonchev–Trinajstić information content (AvgIpc) is 3.14.